The van der Waals surface area contributed by atoms with E-state index in [2.05, 4.69) is 27.3 Å². The number of hydrogen-bond acceptors (Lipinski definition) is 4. The molecule has 3 heterocycles. The lowest BCUT2D eigenvalue weighted by molar-refractivity contribution is -0.129. The van der Waals surface area contributed by atoms with Gasteiger partial charge in [0.1, 0.15) is 0 Å². The minimum atomic E-state index is 0.0352. The SMILES string of the molecule is O=C(NC1CCC1)[C@@H]1C[C@H]2CN(Cc3ccncc3)C[C@H]1O2. The Morgan fingerprint density at radius 2 is 2.14 bits per heavy atom. The Bertz CT molecular complexity index is 532. The van der Waals surface area contributed by atoms with Crippen molar-refractivity contribution in [3.63, 3.8) is 0 Å². The first-order valence-electron chi connectivity index (χ1n) is 8.35. The van der Waals surface area contributed by atoms with Crippen LogP contribution in [0.1, 0.15) is 31.2 Å². The van der Waals surface area contributed by atoms with Gasteiger partial charge in [0, 0.05) is 38.1 Å². The van der Waals surface area contributed by atoms with Crippen LogP contribution in [0.25, 0.3) is 0 Å². The predicted octanol–water partition coefficient (Wildman–Crippen LogP) is 1.34. The molecule has 2 aliphatic heterocycles. The van der Waals surface area contributed by atoms with E-state index in [-0.39, 0.29) is 24.0 Å². The predicted molar refractivity (Wildman–Crippen MR) is 82.1 cm³/mol. The van der Waals surface area contributed by atoms with Gasteiger partial charge in [0.15, 0.2) is 0 Å². The van der Waals surface area contributed by atoms with E-state index < -0.39 is 0 Å². The molecule has 1 aliphatic carbocycles. The number of pyridine rings is 1. The number of morpholine rings is 1. The molecule has 0 spiro atoms. The van der Waals surface area contributed by atoms with E-state index in [0.717, 1.165) is 38.9 Å². The summed E-state index contributed by atoms with van der Waals surface area (Å²) in [6.07, 6.45) is 8.33. The molecule has 0 aromatic carbocycles. The smallest absolute Gasteiger partial charge is 0.226 e. The molecule has 3 aliphatic rings. The Hall–Kier alpha value is -1.46. The van der Waals surface area contributed by atoms with Crippen molar-refractivity contribution in [1.82, 2.24) is 15.2 Å². The molecule has 3 fully saturated rings. The number of fused-ring (bicyclic) bond motifs is 2. The molecule has 2 saturated heterocycles. The van der Waals surface area contributed by atoms with Crippen molar-refractivity contribution in [2.24, 2.45) is 5.92 Å². The maximum atomic E-state index is 12.4. The summed E-state index contributed by atoms with van der Waals surface area (Å²) in [5, 5.41) is 3.19. The second-order valence-electron chi connectivity index (χ2n) is 6.82. The minimum Gasteiger partial charge on any atom is -0.371 e. The van der Waals surface area contributed by atoms with Crippen LogP contribution in [0.5, 0.6) is 0 Å². The van der Waals surface area contributed by atoms with Crippen LogP contribution in [0.2, 0.25) is 0 Å². The Labute approximate surface area is 131 Å². The standard InChI is InChI=1S/C17H23N3O2/c21-17(19-13-2-1-3-13)15-8-14-10-20(11-16(15)22-14)9-12-4-6-18-7-5-12/h4-7,13-16H,1-3,8-11H2,(H,19,21)/t14-,15+,16+/m0/s1. The van der Waals surface area contributed by atoms with Gasteiger partial charge in [-0.1, -0.05) is 0 Å². The number of aromatic nitrogens is 1. The number of carbonyl (C=O) groups excluding carboxylic acids is 1. The summed E-state index contributed by atoms with van der Waals surface area (Å²) in [6.45, 7) is 2.68. The van der Waals surface area contributed by atoms with Crippen LogP contribution < -0.4 is 5.32 Å². The van der Waals surface area contributed by atoms with Crippen molar-refractivity contribution in [1.29, 1.82) is 0 Å². The Morgan fingerprint density at radius 3 is 2.86 bits per heavy atom. The van der Waals surface area contributed by atoms with Gasteiger partial charge < -0.3 is 10.1 Å². The van der Waals surface area contributed by atoms with E-state index in [9.17, 15) is 4.79 Å². The van der Waals surface area contributed by atoms with Crippen molar-refractivity contribution in [2.75, 3.05) is 13.1 Å². The van der Waals surface area contributed by atoms with E-state index in [1.165, 1.54) is 12.0 Å². The lowest BCUT2D eigenvalue weighted by atomic mass is 9.91. The highest BCUT2D eigenvalue weighted by atomic mass is 16.5. The molecule has 5 heteroatoms. The van der Waals surface area contributed by atoms with Gasteiger partial charge >= 0.3 is 0 Å². The quantitative estimate of drug-likeness (QED) is 0.912. The molecule has 118 valence electrons. The highest BCUT2D eigenvalue weighted by Crippen LogP contribution is 2.33. The van der Waals surface area contributed by atoms with E-state index >= 15 is 0 Å². The molecule has 1 aromatic heterocycles. The van der Waals surface area contributed by atoms with Crippen LogP contribution in [0.4, 0.5) is 0 Å². The molecule has 0 radical (unpaired) electrons. The molecule has 22 heavy (non-hydrogen) atoms. The zero-order valence-electron chi connectivity index (χ0n) is 12.8. The van der Waals surface area contributed by atoms with Crippen LogP contribution in [-0.2, 0) is 16.1 Å². The van der Waals surface area contributed by atoms with Gasteiger partial charge in [-0.15, -0.1) is 0 Å². The van der Waals surface area contributed by atoms with Crippen LogP contribution in [0.15, 0.2) is 24.5 Å². The van der Waals surface area contributed by atoms with Crippen molar-refractivity contribution >= 4 is 5.91 Å². The molecule has 1 aromatic rings. The molecule has 2 bridgehead atoms. The minimum absolute atomic E-state index is 0.0352. The number of nitrogens with one attached hydrogen (secondary N) is 1. The first kappa shape index (κ1) is 14.2. The van der Waals surface area contributed by atoms with E-state index in [1.807, 2.05) is 12.4 Å². The molecule has 0 unspecified atom stereocenters. The van der Waals surface area contributed by atoms with Crippen LogP contribution in [-0.4, -0.2) is 47.1 Å². The number of nitrogens with zero attached hydrogens (tertiary/aromatic N) is 2. The van der Waals surface area contributed by atoms with Gasteiger partial charge in [0.25, 0.3) is 0 Å². The number of amides is 1. The molecular formula is C17H23N3O2. The van der Waals surface area contributed by atoms with Crippen molar-refractivity contribution < 1.29 is 9.53 Å². The summed E-state index contributed by atoms with van der Waals surface area (Å²) in [6, 6.07) is 4.52. The molecule has 5 nitrogen and oxygen atoms in total. The van der Waals surface area contributed by atoms with E-state index in [1.54, 1.807) is 0 Å². The topological polar surface area (TPSA) is 54.5 Å². The largest absolute Gasteiger partial charge is 0.371 e. The normalized spacial score (nSPS) is 31.7. The summed E-state index contributed by atoms with van der Waals surface area (Å²) in [5.41, 5.74) is 1.27. The van der Waals surface area contributed by atoms with Gasteiger partial charge in [-0.05, 0) is 43.4 Å². The summed E-state index contributed by atoms with van der Waals surface area (Å²) >= 11 is 0. The van der Waals surface area contributed by atoms with Crippen LogP contribution >= 0.6 is 0 Å². The lowest BCUT2D eigenvalue weighted by Crippen LogP contribution is -2.47. The fraction of sp³-hybridized carbons (Fsp3) is 0.647. The van der Waals surface area contributed by atoms with Gasteiger partial charge in [-0.25, -0.2) is 0 Å². The number of carbonyl (C=O) groups is 1. The second-order valence-corrected chi connectivity index (χ2v) is 6.82. The molecule has 1 amide bonds. The molecule has 3 atom stereocenters. The Balaban J connectivity index is 1.36. The van der Waals surface area contributed by atoms with Crippen LogP contribution in [0, 0.1) is 5.92 Å². The number of ether oxygens (including phenoxy) is 1. The van der Waals surface area contributed by atoms with Crippen molar-refractivity contribution in [3.8, 4) is 0 Å². The fourth-order valence-corrected chi connectivity index (χ4v) is 3.75. The maximum absolute atomic E-state index is 12.4. The second kappa shape index (κ2) is 5.97. The van der Waals surface area contributed by atoms with Gasteiger partial charge in [0.2, 0.25) is 5.91 Å². The number of rotatable bonds is 4. The number of hydrogen-bond donors (Lipinski definition) is 1. The van der Waals surface area contributed by atoms with Gasteiger partial charge in [-0.2, -0.15) is 0 Å². The lowest BCUT2D eigenvalue weighted by Gasteiger charge is -2.33. The highest BCUT2D eigenvalue weighted by molar-refractivity contribution is 5.80. The van der Waals surface area contributed by atoms with E-state index in [4.69, 9.17) is 4.74 Å². The average molecular weight is 301 g/mol. The van der Waals surface area contributed by atoms with Crippen molar-refractivity contribution in [3.05, 3.63) is 30.1 Å². The number of likely N-dealkylation sites (tertiary alicyclic amines) is 1. The average Bonchev–Trinajstić information content (AvgIpc) is 2.79. The van der Waals surface area contributed by atoms with Gasteiger partial charge in [0.05, 0.1) is 18.1 Å². The van der Waals surface area contributed by atoms with Crippen molar-refractivity contribution in [2.45, 2.75) is 50.5 Å². The molecule has 4 rings (SSSR count). The zero-order chi connectivity index (χ0) is 14.9. The molecule has 1 saturated carbocycles. The summed E-state index contributed by atoms with van der Waals surface area (Å²) in [7, 11) is 0. The Kier molecular flexibility index (Phi) is 3.84. The summed E-state index contributed by atoms with van der Waals surface area (Å²) < 4.78 is 6.02. The summed E-state index contributed by atoms with van der Waals surface area (Å²) in [5.74, 6) is 0.246. The molecule has 1 N–H and O–H groups in total. The maximum Gasteiger partial charge on any atom is 0.226 e. The first-order valence-corrected chi connectivity index (χ1v) is 8.35. The highest BCUT2D eigenvalue weighted by Gasteiger charge is 2.45. The fourth-order valence-electron chi connectivity index (χ4n) is 3.75. The van der Waals surface area contributed by atoms with E-state index in [0.29, 0.717) is 6.04 Å². The monoisotopic (exact) mass is 301 g/mol. The third kappa shape index (κ3) is 2.88. The third-order valence-corrected chi connectivity index (χ3v) is 5.18. The zero-order valence-corrected chi connectivity index (χ0v) is 12.8. The Morgan fingerprint density at radius 1 is 1.32 bits per heavy atom. The first-order chi connectivity index (χ1) is 10.8. The summed E-state index contributed by atoms with van der Waals surface area (Å²) in [4.78, 5) is 18.9. The third-order valence-electron chi connectivity index (χ3n) is 5.18. The molecular weight excluding hydrogens is 278 g/mol. The van der Waals surface area contributed by atoms with Gasteiger partial charge in [-0.3, -0.25) is 14.7 Å². The van der Waals surface area contributed by atoms with Crippen LogP contribution in [0.3, 0.4) is 0 Å².